The van der Waals surface area contributed by atoms with Gasteiger partial charge in [0, 0.05) is 36.1 Å². The highest BCUT2D eigenvalue weighted by Gasteiger charge is 2.14. The Morgan fingerprint density at radius 3 is 2.81 bits per heavy atom. The molecule has 2 aromatic heterocycles. The van der Waals surface area contributed by atoms with Crippen LogP contribution in [0.4, 0.5) is 0 Å². The minimum Gasteiger partial charge on any atom is -0.331 e. The second-order valence-corrected chi connectivity index (χ2v) is 7.86. The molecule has 0 aliphatic heterocycles. The minimum atomic E-state index is -2.99. The van der Waals surface area contributed by atoms with E-state index in [0.29, 0.717) is 13.0 Å². The average molecular weight is 309 g/mol. The lowest BCUT2D eigenvalue weighted by atomic mass is 10.1. The quantitative estimate of drug-likeness (QED) is 0.845. The van der Waals surface area contributed by atoms with E-state index in [4.69, 9.17) is 5.73 Å². The molecule has 0 bridgehead atoms. The number of hydrogen-bond donors (Lipinski definition) is 1. The Morgan fingerprint density at radius 1 is 1.38 bits per heavy atom. The molecule has 0 radical (unpaired) electrons. The molecule has 0 fully saturated rings. The predicted molar refractivity (Wildman–Crippen MR) is 86.0 cm³/mol. The third-order valence-corrected chi connectivity index (χ3v) is 5.25. The van der Waals surface area contributed by atoms with Gasteiger partial charge in [0.05, 0.1) is 5.75 Å². The van der Waals surface area contributed by atoms with E-state index in [-0.39, 0.29) is 17.5 Å². The summed E-state index contributed by atoms with van der Waals surface area (Å²) < 4.78 is 25.7. The molecule has 0 spiro atoms. The smallest absolute Gasteiger partial charge is 0.152 e. The summed E-state index contributed by atoms with van der Waals surface area (Å²) in [6.45, 7) is 4.28. The van der Waals surface area contributed by atoms with Crippen molar-refractivity contribution in [2.75, 3.05) is 11.5 Å². The van der Waals surface area contributed by atoms with Gasteiger partial charge in [0.1, 0.15) is 5.65 Å². The number of pyridine rings is 1. The maximum absolute atomic E-state index is 11.9. The van der Waals surface area contributed by atoms with Gasteiger partial charge in [-0.1, -0.05) is 6.92 Å². The molecular formula is C15H23N3O2S. The first-order valence-corrected chi connectivity index (χ1v) is 9.14. The van der Waals surface area contributed by atoms with E-state index in [1.807, 2.05) is 36.7 Å². The van der Waals surface area contributed by atoms with Crippen LogP contribution < -0.4 is 5.73 Å². The lowest BCUT2D eigenvalue weighted by Gasteiger charge is -2.05. The van der Waals surface area contributed by atoms with Crippen LogP contribution in [-0.4, -0.2) is 35.5 Å². The zero-order valence-corrected chi connectivity index (χ0v) is 13.4. The maximum Gasteiger partial charge on any atom is 0.152 e. The van der Waals surface area contributed by atoms with Gasteiger partial charge >= 0.3 is 0 Å². The van der Waals surface area contributed by atoms with E-state index in [1.165, 1.54) is 0 Å². The molecular weight excluding hydrogens is 286 g/mol. The molecule has 0 saturated carbocycles. The van der Waals surface area contributed by atoms with Gasteiger partial charge in [-0.05, 0) is 37.5 Å². The lowest BCUT2D eigenvalue weighted by molar-refractivity contribution is 0.588. The molecule has 2 heterocycles. The number of nitrogens with two attached hydrogens (primary N) is 1. The van der Waals surface area contributed by atoms with Crippen LogP contribution in [-0.2, 0) is 22.8 Å². The summed E-state index contributed by atoms with van der Waals surface area (Å²) in [6, 6.07) is 3.97. The fraction of sp³-hybridized carbons (Fsp3) is 0.533. The first-order valence-electron chi connectivity index (χ1n) is 7.31. The summed E-state index contributed by atoms with van der Waals surface area (Å²) in [5.74, 6) is 0.394. The zero-order valence-electron chi connectivity index (χ0n) is 12.6. The third kappa shape index (κ3) is 4.04. The van der Waals surface area contributed by atoms with Gasteiger partial charge in [0.15, 0.2) is 9.84 Å². The summed E-state index contributed by atoms with van der Waals surface area (Å²) in [6.07, 6.45) is 5.14. The van der Waals surface area contributed by atoms with Crippen molar-refractivity contribution in [1.82, 2.24) is 9.55 Å². The summed E-state index contributed by atoms with van der Waals surface area (Å²) in [5.41, 5.74) is 7.84. The number of sulfone groups is 1. The van der Waals surface area contributed by atoms with Crippen molar-refractivity contribution in [3.8, 4) is 0 Å². The summed E-state index contributed by atoms with van der Waals surface area (Å²) in [7, 11) is -2.99. The molecule has 0 amide bonds. The van der Waals surface area contributed by atoms with Gasteiger partial charge in [-0.3, -0.25) is 0 Å². The van der Waals surface area contributed by atoms with Crippen LogP contribution in [0.15, 0.2) is 24.5 Å². The van der Waals surface area contributed by atoms with Crippen molar-refractivity contribution in [3.63, 3.8) is 0 Å². The SMILES string of the molecule is CCCS(=O)(=O)CCn1cc(CC(C)N)c2cccnc21. The topological polar surface area (TPSA) is 78.0 Å². The standard InChI is InChI=1S/C15H23N3O2S/c1-3-8-21(19,20)9-7-18-11-13(10-12(2)16)14-5-4-6-17-15(14)18/h4-6,11-12H,3,7-10,16H2,1-2H3. The fourth-order valence-corrected chi connectivity index (χ4v) is 3.83. The number of fused-ring (bicyclic) bond motifs is 1. The molecule has 2 rings (SSSR count). The largest absolute Gasteiger partial charge is 0.331 e. The number of hydrogen-bond acceptors (Lipinski definition) is 4. The third-order valence-electron chi connectivity index (χ3n) is 3.42. The molecule has 1 atom stereocenters. The Kier molecular flexibility index (Phi) is 5.00. The summed E-state index contributed by atoms with van der Waals surface area (Å²) in [5, 5.41) is 1.06. The van der Waals surface area contributed by atoms with Crippen LogP contribution in [0.2, 0.25) is 0 Å². The Bertz CT molecular complexity index is 705. The number of rotatable bonds is 7. The van der Waals surface area contributed by atoms with Crippen molar-refractivity contribution in [2.45, 2.75) is 39.3 Å². The predicted octanol–water partition coefficient (Wildman–Crippen LogP) is 1.75. The molecule has 21 heavy (non-hydrogen) atoms. The van der Waals surface area contributed by atoms with Crippen LogP contribution in [0.1, 0.15) is 25.8 Å². The molecule has 0 aliphatic carbocycles. The van der Waals surface area contributed by atoms with Gasteiger partial charge < -0.3 is 10.3 Å². The van der Waals surface area contributed by atoms with Crippen molar-refractivity contribution >= 4 is 20.9 Å². The Balaban J connectivity index is 2.28. The van der Waals surface area contributed by atoms with Crippen LogP contribution in [0, 0.1) is 0 Å². The molecule has 2 N–H and O–H groups in total. The number of nitrogens with zero attached hydrogens (tertiary/aromatic N) is 2. The summed E-state index contributed by atoms with van der Waals surface area (Å²) >= 11 is 0. The Hall–Kier alpha value is -1.40. The van der Waals surface area contributed by atoms with E-state index in [0.717, 1.165) is 23.0 Å². The second kappa shape index (κ2) is 6.58. The molecule has 2 aromatic rings. The Morgan fingerprint density at radius 2 is 2.14 bits per heavy atom. The van der Waals surface area contributed by atoms with Crippen LogP contribution in [0.25, 0.3) is 11.0 Å². The van der Waals surface area contributed by atoms with Gasteiger partial charge in [-0.25, -0.2) is 13.4 Å². The number of aromatic nitrogens is 2. The molecule has 0 aromatic carbocycles. The second-order valence-electron chi connectivity index (χ2n) is 5.56. The van der Waals surface area contributed by atoms with Gasteiger partial charge in [-0.15, -0.1) is 0 Å². The van der Waals surface area contributed by atoms with E-state index < -0.39 is 9.84 Å². The fourth-order valence-electron chi connectivity index (χ4n) is 2.53. The normalized spacial score (nSPS) is 13.7. The molecule has 5 nitrogen and oxygen atoms in total. The van der Waals surface area contributed by atoms with Crippen molar-refractivity contribution in [1.29, 1.82) is 0 Å². The monoisotopic (exact) mass is 309 g/mol. The summed E-state index contributed by atoms with van der Waals surface area (Å²) in [4.78, 5) is 4.38. The van der Waals surface area contributed by atoms with Gasteiger partial charge in [0.25, 0.3) is 0 Å². The molecule has 116 valence electrons. The van der Waals surface area contributed by atoms with Crippen LogP contribution >= 0.6 is 0 Å². The highest BCUT2D eigenvalue weighted by Crippen LogP contribution is 2.20. The average Bonchev–Trinajstić information content (AvgIpc) is 2.75. The van der Waals surface area contributed by atoms with E-state index in [1.54, 1.807) is 6.20 Å². The molecule has 0 saturated heterocycles. The van der Waals surface area contributed by atoms with Crippen LogP contribution in [0.5, 0.6) is 0 Å². The van der Waals surface area contributed by atoms with E-state index in [9.17, 15) is 8.42 Å². The van der Waals surface area contributed by atoms with Crippen molar-refractivity contribution in [2.24, 2.45) is 5.73 Å². The maximum atomic E-state index is 11.9. The van der Waals surface area contributed by atoms with Crippen molar-refractivity contribution in [3.05, 3.63) is 30.1 Å². The van der Waals surface area contributed by atoms with E-state index >= 15 is 0 Å². The highest BCUT2D eigenvalue weighted by molar-refractivity contribution is 7.91. The minimum absolute atomic E-state index is 0.0630. The molecule has 1 unspecified atom stereocenters. The molecule has 6 heteroatoms. The zero-order chi connectivity index (χ0) is 15.5. The first-order chi connectivity index (χ1) is 9.93. The highest BCUT2D eigenvalue weighted by atomic mass is 32.2. The van der Waals surface area contributed by atoms with Crippen LogP contribution in [0.3, 0.4) is 0 Å². The van der Waals surface area contributed by atoms with Crippen molar-refractivity contribution < 1.29 is 8.42 Å². The Labute approximate surface area is 126 Å². The first kappa shape index (κ1) is 16.0. The molecule has 0 aliphatic rings. The van der Waals surface area contributed by atoms with Gasteiger partial charge in [0.2, 0.25) is 0 Å². The van der Waals surface area contributed by atoms with Gasteiger partial charge in [-0.2, -0.15) is 0 Å². The lowest BCUT2D eigenvalue weighted by Crippen LogP contribution is -2.17. The number of aryl methyl sites for hydroxylation is 1. The van der Waals surface area contributed by atoms with E-state index in [2.05, 4.69) is 4.98 Å².